The maximum Gasteiger partial charge on any atom is 0.336 e. The van der Waals surface area contributed by atoms with Gasteiger partial charge in [-0.05, 0) is 12.5 Å². The maximum atomic E-state index is 11.5. The number of hydrogen-bond acceptors (Lipinski definition) is 5. The maximum absolute atomic E-state index is 11.5. The Balaban J connectivity index is 2.48. The van der Waals surface area contributed by atoms with Crippen LogP contribution >= 0.6 is 0 Å². The number of esters is 2. The Labute approximate surface area is 117 Å². The summed E-state index contributed by atoms with van der Waals surface area (Å²) < 4.78 is 9.87. The molecule has 1 aromatic rings. The zero-order valence-electron chi connectivity index (χ0n) is 11.4. The van der Waals surface area contributed by atoms with Crippen molar-refractivity contribution >= 4 is 11.9 Å². The predicted molar refractivity (Wildman–Crippen MR) is 73.0 cm³/mol. The lowest BCUT2D eigenvalue weighted by molar-refractivity contribution is -0.138. The predicted octanol–water partition coefficient (Wildman–Crippen LogP) is 1.98. The zero-order valence-corrected chi connectivity index (χ0v) is 11.4. The molecular weight excluding hydrogens is 260 g/mol. The van der Waals surface area contributed by atoms with Crippen LogP contribution in [-0.4, -0.2) is 23.7 Å². The third kappa shape index (κ3) is 5.67. The SMILES string of the molecule is CCCCOC(=O)/C=C/C(=O)Oc1ccccc1CO. The third-order valence-electron chi connectivity index (χ3n) is 2.45. The average molecular weight is 278 g/mol. The number of rotatable bonds is 7. The standard InChI is InChI=1S/C15H18O5/c1-2-3-10-19-14(17)8-9-15(18)20-13-7-5-4-6-12(13)11-16/h4-9,16H,2-3,10-11H2,1H3/b9-8+. The fourth-order valence-corrected chi connectivity index (χ4v) is 1.38. The number of benzene rings is 1. The second-order valence-corrected chi connectivity index (χ2v) is 4.04. The molecule has 0 heterocycles. The van der Waals surface area contributed by atoms with Gasteiger partial charge in [0, 0.05) is 17.7 Å². The number of carbonyl (C=O) groups excluding carboxylic acids is 2. The molecule has 0 bridgehead atoms. The van der Waals surface area contributed by atoms with E-state index in [1.807, 2.05) is 6.92 Å². The van der Waals surface area contributed by atoms with Crippen molar-refractivity contribution in [2.45, 2.75) is 26.4 Å². The van der Waals surface area contributed by atoms with Crippen LogP contribution in [0.5, 0.6) is 5.75 Å². The van der Waals surface area contributed by atoms with Crippen LogP contribution in [0.15, 0.2) is 36.4 Å². The van der Waals surface area contributed by atoms with Crippen LogP contribution in [0.3, 0.4) is 0 Å². The molecule has 0 aliphatic heterocycles. The molecule has 0 unspecified atom stereocenters. The fraction of sp³-hybridized carbons (Fsp3) is 0.333. The molecule has 20 heavy (non-hydrogen) atoms. The Kier molecular flexibility index (Phi) is 7.06. The number of aliphatic hydroxyl groups is 1. The summed E-state index contributed by atoms with van der Waals surface area (Å²) in [7, 11) is 0. The first-order valence-electron chi connectivity index (χ1n) is 6.42. The van der Waals surface area contributed by atoms with Crippen LogP contribution in [-0.2, 0) is 20.9 Å². The van der Waals surface area contributed by atoms with E-state index in [0.29, 0.717) is 12.2 Å². The lowest BCUT2D eigenvalue weighted by Gasteiger charge is -2.05. The summed E-state index contributed by atoms with van der Waals surface area (Å²) in [6.45, 7) is 2.09. The lowest BCUT2D eigenvalue weighted by Crippen LogP contribution is -2.08. The van der Waals surface area contributed by atoms with E-state index in [0.717, 1.165) is 25.0 Å². The van der Waals surface area contributed by atoms with Crippen molar-refractivity contribution in [3.05, 3.63) is 42.0 Å². The van der Waals surface area contributed by atoms with Gasteiger partial charge in [-0.25, -0.2) is 9.59 Å². The van der Waals surface area contributed by atoms with Crippen molar-refractivity contribution in [2.24, 2.45) is 0 Å². The van der Waals surface area contributed by atoms with Crippen molar-refractivity contribution in [3.63, 3.8) is 0 Å². The van der Waals surface area contributed by atoms with Crippen molar-refractivity contribution < 1.29 is 24.2 Å². The summed E-state index contributed by atoms with van der Waals surface area (Å²) in [5.41, 5.74) is 0.500. The molecule has 1 aromatic carbocycles. The topological polar surface area (TPSA) is 72.8 Å². The van der Waals surface area contributed by atoms with Gasteiger partial charge in [-0.15, -0.1) is 0 Å². The molecule has 0 aromatic heterocycles. The Morgan fingerprint density at radius 2 is 1.90 bits per heavy atom. The van der Waals surface area contributed by atoms with Crippen LogP contribution in [0.2, 0.25) is 0 Å². The molecule has 0 spiro atoms. The van der Waals surface area contributed by atoms with E-state index in [1.54, 1.807) is 24.3 Å². The molecule has 0 fully saturated rings. The molecule has 108 valence electrons. The molecule has 0 radical (unpaired) electrons. The summed E-state index contributed by atoms with van der Waals surface area (Å²) in [4.78, 5) is 22.8. The first-order valence-corrected chi connectivity index (χ1v) is 6.42. The van der Waals surface area contributed by atoms with Gasteiger partial charge in [0.1, 0.15) is 5.75 Å². The molecular formula is C15H18O5. The molecule has 0 atom stereocenters. The van der Waals surface area contributed by atoms with E-state index in [2.05, 4.69) is 0 Å². The first-order chi connectivity index (χ1) is 9.67. The lowest BCUT2D eigenvalue weighted by atomic mass is 10.2. The van der Waals surface area contributed by atoms with E-state index in [4.69, 9.17) is 14.6 Å². The monoisotopic (exact) mass is 278 g/mol. The highest BCUT2D eigenvalue weighted by Gasteiger charge is 2.06. The number of unbranched alkanes of at least 4 members (excludes halogenated alkanes) is 1. The van der Waals surface area contributed by atoms with Gasteiger partial charge in [0.25, 0.3) is 0 Å². The van der Waals surface area contributed by atoms with E-state index in [-0.39, 0.29) is 12.4 Å². The van der Waals surface area contributed by atoms with Gasteiger partial charge in [-0.2, -0.15) is 0 Å². The van der Waals surface area contributed by atoms with Gasteiger partial charge in [0.15, 0.2) is 0 Å². The van der Waals surface area contributed by atoms with Crippen LogP contribution in [0, 0.1) is 0 Å². The van der Waals surface area contributed by atoms with Gasteiger partial charge in [-0.1, -0.05) is 31.5 Å². The summed E-state index contributed by atoms with van der Waals surface area (Å²) in [6.07, 6.45) is 3.74. The van der Waals surface area contributed by atoms with Gasteiger partial charge in [-0.3, -0.25) is 0 Å². The quantitative estimate of drug-likeness (QED) is 0.357. The Morgan fingerprint density at radius 1 is 1.20 bits per heavy atom. The number of para-hydroxylation sites is 1. The van der Waals surface area contributed by atoms with Crippen molar-refractivity contribution in [1.29, 1.82) is 0 Å². The summed E-state index contributed by atoms with van der Waals surface area (Å²) in [5, 5.41) is 9.09. The van der Waals surface area contributed by atoms with Gasteiger partial charge < -0.3 is 14.6 Å². The molecule has 0 amide bonds. The van der Waals surface area contributed by atoms with Crippen molar-refractivity contribution in [3.8, 4) is 5.75 Å². The molecule has 0 aliphatic carbocycles. The van der Waals surface area contributed by atoms with E-state index >= 15 is 0 Å². The van der Waals surface area contributed by atoms with E-state index in [9.17, 15) is 9.59 Å². The highest BCUT2D eigenvalue weighted by Crippen LogP contribution is 2.17. The van der Waals surface area contributed by atoms with E-state index in [1.165, 1.54) is 0 Å². The number of aliphatic hydroxyl groups excluding tert-OH is 1. The minimum atomic E-state index is -0.696. The van der Waals surface area contributed by atoms with Crippen LogP contribution in [0.4, 0.5) is 0 Å². The second kappa shape index (κ2) is 8.87. The largest absolute Gasteiger partial charge is 0.463 e. The van der Waals surface area contributed by atoms with Crippen LogP contribution in [0.1, 0.15) is 25.3 Å². The Morgan fingerprint density at radius 3 is 2.60 bits per heavy atom. The van der Waals surface area contributed by atoms with Gasteiger partial charge in [0.05, 0.1) is 13.2 Å². The molecule has 0 saturated heterocycles. The average Bonchev–Trinajstić information content (AvgIpc) is 2.46. The number of carbonyl (C=O) groups is 2. The second-order valence-electron chi connectivity index (χ2n) is 4.04. The molecule has 5 heteroatoms. The van der Waals surface area contributed by atoms with Crippen molar-refractivity contribution in [1.82, 2.24) is 0 Å². The zero-order chi connectivity index (χ0) is 14.8. The van der Waals surface area contributed by atoms with Gasteiger partial charge in [0.2, 0.25) is 0 Å². The molecule has 1 N–H and O–H groups in total. The minimum Gasteiger partial charge on any atom is -0.463 e. The third-order valence-corrected chi connectivity index (χ3v) is 2.45. The minimum absolute atomic E-state index is 0.230. The Bertz CT molecular complexity index is 479. The van der Waals surface area contributed by atoms with Crippen LogP contribution in [0.25, 0.3) is 0 Å². The molecule has 0 aliphatic rings. The number of ether oxygens (including phenoxy) is 2. The Hall–Kier alpha value is -2.14. The highest BCUT2D eigenvalue weighted by atomic mass is 16.5. The highest BCUT2D eigenvalue weighted by molar-refractivity contribution is 5.92. The molecule has 5 nitrogen and oxygen atoms in total. The van der Waals surface area contributed by atoms with E-state index < -0.39 is 11.9 Å². The molecule has 0 saturated carbocycles. The smallest absolute Gasteiger partial charge is 0.336 e. The molecule has 1 rings (SSSR count). The fourth-order valence-electron chi connectivity index (χ4n) is 1.38. The summed E-state index contributed by atoms with van der Waals surface area (Å²) in [5.74, 6) is -1.01. The summed E-state index contributed by atoms with van der Waals surface area (Å²) >= 11 is 0. The van der Waals surface area contributed by atoms with Crippen LogP contribution < -0.4 is 4.74 Å². The number of hydrogen-bond donors (Lipinski definition) is 1. The normalized spacial score (nSPS) is 10.5. The summed E-state index contributed by atoms with van der Waals surface area (Å²) in [6, 6.07) is 6.62. The first kappa shape index (κ1) is 15.9. The van der Waals surface area contributed by atoms with Crippen molar-refractivity contribution in [2.75, 3.05) is 6.61 Å². The van der Waals surface area contributed by atoms with Gasteiger partial charge >= 0.3 is 11.9 Å².